The fourth-order valence-electron chi connectivity index (χ4n) is 2.44. The van der Waals surface area contributed by atoms with Gasteiger partial charge in [-0.05, 0) is 11.5 Å². The number of rotatable bonds is 5. The van der Waals surface area contributed by atoms with Crippen LogP contribution in [-0.2, 0) is 9.53 Å². The van der Waals surface area contributed by atoms with Gasteiger partial charge in [-0.15, -0.1) is 0 Å². The number of hydrogen-bond donors (Lipinski definition) is 0. The van der Waals surface area contributed by atoms with Crippen molar-refractivity contribution in [1.82, 2.24) is 0 Å². The summed E-state index contributed by atoms with van der Waals surface area (Å²) >= 11 is 0. The molecule has 2 atom stereocenters. The average Bonchev–Trinajstić information content (AvgIpc) is 2.54. The van der Waals surface area contributed by atoms with Gasteiger partial charge in [0, 0.05) is 5.56 Å². The fourth-order valence-corrected chi connectivity index (χ4v) is 2.44. The van der Waals surface area contributed by atoms with Gasteiger partial charge in [0.25, 0.3) is 0 Å². The summed E-state index contributed by atoms with van der Waals surface area (Å²) in [7, 11) is 0. The van der Waals surface area contributed by atoms with Crippen LogP contribution < -0.4 is 0 Å². The molecule has 0 aliphatic rings. The zero-order chi connectivity index (χ0) is 15.9. The van der Waals surface area contributed by atoms with Crippen molar-refractivity contribution in [2.24, 2.45) is 5.92 Å². The molecule has 22 heavy (non-hydrogen) atoms. The maximum absolute atomic E-state index is 12.6. The van der Waals surface area contributed by atoms with Crippen molar-refractivity contribution < 1.29 is 9.53 Å². The van der Waals surface area contributed by atoms with Gasteiger partial charge in [-0.2, -0.15) is 5.26 Å². The smallest absolute Gasteiger partial charge is 0.315 e. The largest absolute Gasteiger partial charge is 0.441 e. The average molecular weight is 293 g/mol. The van der Waals surface area contributed by atoms with Crippen molar-refractivity contribution in [2.45, 2.75) is 25.9 Å². The minimum absolute atomic E-state index is 0.0880. The molecule has 0 fully saturated rings. The summed E-state index contributed by atoms with van der Waals surface area (Å²) in [5.74, 6) is -0.651. The number of esters is 1. The van der Waals surface area contributed by atoms with Gasteiger partial charge in [-0.25, -0.2) is 0 Å². The van der Waals surface area contributed by atoms with Crippen LogP contribution in [0.3, 0.4) is 0 Å². The van der Waals surface area contributed by atoms with Gasteiger partial charge >= 0.3 is 5.97 Å². The first-order valence-corrected chi connectivity index (χ1v) is 7.33. The van der Waals surface area contributed by atoms with Crippen LogP contribution in [0.5, 0.6) is 0 Å². The summed E-state index contributed by atoms with van der Waals surface area (Å²) in [6.07, 6.45) is -0.876. The van der Waals surface area contributed by atoms with E-state index in [9.17, 15) is 10.1 Å². The van der Waals surface area contributed by atoms with Crippen LogP contribution in [0.15, 0.2) is 60.7 Å². The highest BCUT2D eigenvalue weighted by Crippen LogP contribution is 2.28. The van der Waals surface area contributed by atoms with Crippen molar-refractivity contribution in [2.75, 3.05) is 0 Å². The van der Waals surface area contributed by atoms with Crippen LogP contribution in [-0.4, -0.2) is 5.97 Å². The molecule has 0 heterocycles. The highest BCUT2D eigenvalue weighted by atomic mass is 16.5. The van der Waals surface area contributed by atoms with E-state index in [1.54, 1.807) is 12.1 Å². The van der Waals surface area contributed by atoms with Crippen LogP contribution in [0.1, 0.15) is 37.0 Å². The topological polar surface area (TPSA) is 50.1 Å². The van der Waals surface area contributed by atoms with Gasteiger partial charge in [0.2, 0.25) is 6.10 Å². The Balaban J connectivity index is 2.20. The maximum Gasteiger partial charge on any atom is 0.315 e. The van der Waals surface area contributed by atoms with Crippen LogP contribution >= 0.6 is 0 Å². The molecular weight excluding hydrogens is 274 g/mol. The first-order chi connectivity index (χ1) is 10.6. The molecular formula is C19H19NO2. The Hall–Kier alpha value is -2.60. The van der Waals surface area contributed by atoms with E-state index in [2.05, 4.69) is 6.07 Å². The summed E-state index contributed by atoms with van der Waals surface area (Å²) < 4.78 is 5.46. The highest BCUT2D eigenvalue weighted by molar-refractivity contribution is 5.79. The molecule has 0 radical (unpaired) electrons. The Morgan fingerprint density at radius 2 is 1.45 bits per heavy atom. The lowest BCUT2D eigenvalue weighted by molar-refractivity contribution is -0.150. The molecule has 0 saturated carbocycles. The molecule has 0 N–H and O–H groups in total. The van der Waals surface area contributed by atoms with Gasteiger partial charge in [0.15, 0.2) is 0 Å². The Kier molecular flexibility index (Phi) is 5.32. The molecule has 2 aromatic rings. The normalized spacial score (nSPS) is 13.2. The summed E-state index contributed by atoms with van der Waals surface area (Å²) in [6.45, 7) is 3.95. The molecule has 2 aromatic carbocycles. The second-order valence-corrected chi connectivity index (χ2v) is 5.49. The summed E-state index contributed by atoms with van der Waals surface area (Å²) in [6, 6.07) is 20.7. The first-order valence-electron chi connectivity index (χ1n) is 7.33. The molecule has 0 bridgehead atoms. The number of nitriles is 1. The van der Waals surface area contributed by atoms with E-state index in [0.29, 0.717) is 5.56 Å². The van der Waals surface area contributed by atoms with Crippen molar-refractivity contribution in [3.05, 3.63) is 71.8 Å². The van der Waals surface area contributed by atoms with E-state index in [0.717, 1.165) is 5.56 Å². The molecule has 3 heteroatoms. The molecule has 0 unspecified atom stereocenters. The number of carbonyl (C=O) groups excluding carboxylic acids is 1. The van der Waals surface area contributed by atoms with Gasteiger partial charge in [-0.3, -0.25) is 4.79 Å². The molecule has 0 aliphatic carbocycles. The van der Waals surface area contributed by atoms with Crippen LogP contribution in [0, 0.1) is 17.2 Å². The summed E-state index contributed by atoms with van der Waals surface area (Å²) in [4.78, 5) is 12.6. The standard InChI is InChI=1S/C19H19NO2/c1-14(2)18(16-11-7-4-8-12-16)19(21)22-17(13-20)15-9-5-3-6-10-15/h3-12,14,17-18H,1-2H3/t17-,18+/m1/s1. The third-order valence-corrected chi connectivity index (χ3v) is 3.53. The predicted molar refractivity (Wildman–Crippen MR) is 84.9 cm³/mol. The molecule has 0 saturated heterocycles. The van der Waals surface area contributed by atoms with E-state index >= 15 is 0 Å². The SMILES string of the molecule is CC(C)[C@H](C(=O)O[C@H](C#N)c1ccccc1)c1ccccc1. The first kappa shape index (κ1) is 15.8. The maximum atomic E-state index is 12.6. The van der Waals surface area contributed by atoms with Crippen molar-refractivity contribution in [1.29, 1.82) is 5.26 Å². The van der Waals surface area contributed by atoms with E-state index < -0.39 is 6.10 Å². The monoisotopic (exact) mass is 293 g/mol. The molecule has 2 rings (SSSR count). The zero-order valence-corrected chi connectivity index (χ0v) is 12.8. The zero-order valence-electron chi connectivity index (χ0n) is 12.8. The molecule has 112 valence electrons. The minimum atomic E-state index is -0.876. The van der Waals surface area contributed by atoms with Gasteiger partial charge in [0.1, 0.15) is 6.07 Å². The summed E-state index contributed by atoms with van der Waals surface area (Å²) in [5, 5.41) is 9.29. The molecule has 0 aliphatic heterocycles. The quantitative estimate of drug-likeness (QED) is 0.775. The van der Waals surface area contributed by atoms with Gasteiger partial charge in [-0.1, -0.05) is 74.5 Å². The van der Waals surface area contributed by atoms with Crippen molar-refractivity contribution in [3.63, 3.8) is 0 Å². The number of hydrogen-bond acceptors (Lipinski definition) is 3. The number of carbonyl (C=O) groups is 1. The van der Waals surface area contributed by atoms with Crippen molar-refractivity contribution >= 4 is 5.97 Å². The highest BCUT2D eigenvalue weighted by Gasteiger charge is 2.28. The Labute approximate surface area is 131 Å². The van der Waals surface area contributed by atoms with E-state index in [1.165, 1.54) is 0 Å². The van der Waals surface area contributed by atoms with E-state index in [-0.39, 0.29) is 17.8 Å². The molecule has 3 nitrogen and oxygen atoms in total. The number of benzene rings is 2. The lowest BCUT2D eigenvalue weighted by Crippen LogP contribution is -2.22. The Bertz CT molecular complexity index is 644. The third-order valence-electron chi connectivity index (χ3n) is 3.53. The fraction of sp³-hybridized carbons (Fsp3) is 0.263. The predicted octanol–water partition coefficient (Wildman–Crippen LogP) is 4.23. The molecule has 0 spiro atoms. The lowest BCUT2D eigenvalue weighted by Gasteiger charge is -2.21. The third kappa shape index (κ3) is 3.73. The Morgan fingerprint density at radius 1 is 0.955 bits per heavy atom. The van der Waals surface area contributed by atoms with Crippen LogP contribution in [0.2, 0.25) is 0 Å². The van der Waals surface area contributed by atoms with E-state index in [1.807, 2.05) is 62.4 Å². The lowest BCUT2D eigenvalue weighted by atomic mass is 9.88. The number of ether oxygens (including phenoxy) is 1. The molecule has 0 aromatic heterocycles. The number of nitrogens with zero attached hydrogens (tertiary/aromatic N) is 1. The van der Waals surface area contributed by atoms with Crippen LogP contribution in [0.25, 0.3) is 0 Å². The summed E-state index contributed by atoms with van der Waals surface area (Å²) in [5.41, 5.74) is 1.60. The Morgan fingerprint density at radius 3 is 1.91 bits per heavy atom. The second-order valence-electron chi connectivity index (χ2n) is 5.49. The van der Waals surface area contributed by atoms with Crippen molar-refractivity contribution in [3.8, 4) is 6.07 Å². The van der Waals surface area contributed by atoms with Crippen LogP contribution in [0.4, 0.5) is 0 Å². The minimum Gasteiger partial charge on any atom is -0.441 e. The van der Waals surface area contributed by atoms with Gasteiger partial charge < -0.3 is 4.74 Å². The van der Waals surface area contributed by atoms with Gasteiger partial charge in [0.05, 0.1) is 5.92 Å². The molecule has 0 amide bonds. The second kappa shape index (κ2) is 7.42. The van der Waals surface area contributed by atoms with E-state index in [4.69, 9.17) is 4.74 Å².